The standard InChI is InChI=1S/C23H34O3/c1-4-14-12-18-15(13-20(14)24)6-7-17-16(18)10-11-23(3)19(17)8-9-21(23)26-22(25)5-2/h13-14,16-19,21H,4-12H2,1-3H3/t14?,16-,17+,18-,19-,21-,23-/m0/s1. The van der Waals surface area contributed by atoms with Crippen molar-refractivity contribution < 1.29 is 14.3 Å². The molecule has 0 N–H and O–H groups in total. The maximum atomic E-state index is 12.3. The molecule has 0 amide bonds. The SMILES string of the molecule is CCC(=O)O[C@H]1CC[C@H]2[C@@H]3CCC4=CC(=O)C(CC)C[C@@H]4[C@H]3CC[C@]12C. The van der Waals surface area contributed by atoms with Gasteiger partial charge < -0.3 is 4.74 Å². The highest BCUT2D eigenvalue weighted by Crippen LogP contribution is 2.62. The van der Waals surface area contributed by atoms with Crippen molar-refractivity contribution in [3.63, 3.8) is 0 Å². The fraction of sp³-hybridized carbons (Fsp3) is 0.826. The molecule has 1 unspecified atom stereocenters. The van der Waals surface area contributed by atoms with Crippen LogP contribution in [0, 0.1) is 35.0 Å². The van der Waals surface area contributed by atoms with Crippen molar-refractivity contribution in [3.05, 3.63) is 11.6 Å². The summed E-state index contributed by atoms with van der Waals surface area (Å²) in [6, 6.07) is 0. The lowest BCUT2D eigenvalue weighted by Gasteiger charge is -2.54. The molecule has 0 bridgehead atoms. The Morgan fingerprint density at radius 3 is 2.73 bits per heavy atom. The van der Waals surface area contributed by atoms with E-state index in [1.165, 1.54) is 31.3 Å². The Morgan fingerprint density at radius 2 is 2.00 bits per heavy atom. The van der Waals surface area contributed by atoms with Crippen LogP contribution in [-0.4, -0.2) is 17.9 Å². The number of hydrogen-bond donors (Lipinski definition) is 0. The van der Waals surface area contributed by atoms with E-state index in [1.54, 1.807) is 0 Å². The molecular weight excluding hydrogens is 324 g/mol. The summed E-state index contributed by atoms with van der Waals surface area (Å²) in [7, 11) is 0. The first-order chi connectivity index (χ1) is 12.5. The van der Waals surface area contributed by atoms with E-state index < -0.39 is 0 Å². The summed E-state index contributed by atoms with van der Waals surface area (Å²) in [6.45, 7) is 6.43. The first-order valence-electron chi connectivity index (χ1n) is 10.9. The van der Waals surface area contributed by atoms with Gasteiger partial charge in [-0.2, -0.15) is 0 Å². The van der Waals surface area contributed by atoms with Gasteiger partial charge in [-0.3, -0.25) is 9.59 Å². The molecule has 0 heterocycles. The summed E-state index contributed by atoms with van der Waals surface area (Å²) in [4.78, 5) is 24.2. The molecule has 0 aromatic carbocycles. The second kappa shape index (κ2) is 6.80. The maximum absolute atomic E-state index is 12.3. The molecule has 26 heavy (non-hydrogen) atoms. The lowest BCUT2D eigenvalue weighted by Crippen LogP contribution is -2.48. The Hall–Kier alpha value is -1.12. The fourth-order valence-electron chi connectivity index (χ4n) is 7.01. The molecule has 0 spiro atoms. The summed E-state index contributed by atoms with van der Waals surface area (Å²) in [6.07, 6.45) is 11.7. The van der Waals surface area contributed by atoms with Crippen LogP contribution in [0.5, 0.6) is 0 Å². The van der Waals surface area contributed by atoms with E-state index in [0.717, 1.165) is 37.5 Å². The number of hydrogen-bond acceptors (Lipinski definition) is 3. The maximum Gasteiger partial charge on any atom is 0.305 e. The number of fused-ring (bicyclic) bond motifs is 5. The number of ketones is 1. The summed E-state index contributed by atoms with van der Waals surface area (Å²) in [5.41, 5.74) is 1.62. The van der Waals surface area contributed by atoms with E-state index in [4.69, 9.17) is 4.74 Å². The van der Waals surface area contributed by atoms with Gasteiger partial charge in [0.15, 0.2) is 5.78 Å². The average Bonchev–Trinajstić information content (AvgIpc) is 2.97. The number of ether oxygens (including phenoxy) is 1. The van der Waals surface area contributed by atoms with Crippen molar-refractivity contribution in [2.75, 3.05) is 0 Å². The van der Waals surface area contributed by atoms with Crippen molar-refractivity contribution in [2.24, 2.45) is 35.0 Å². The molecule has 4 aliphatic rings. The van der Waals surface area contributed by atoms with Crippen molar-refractivity contribution in [3.8, 4) is 0 Å². The molecule has 4 rings (SSSR count). The highest BCUT2D eigenvalue weighted by atomic mass is 16.5. The van der Waals surface area contributed by atoms with E-state index in [9.17, 15) is 9.59 Å². The van der Waals surface area contributed by atoms with Gasteiger partial charge in [-0.25, -0.2) is 0 Å². The Morgan fingerprint density at radius 1 is 1.19 bits per heavy atom. The molecule has 0 radical (unpaired) electrons. The van der Waals surface area contributed by atoms with Gasteiger partial charge in [-0.1, -0.05) is 26.3 Å². The molecule has 0 aromatic heterocycles. The Bertz CT molecular complexity index is 621. The topological polar surface area (TPSA) is 43.4 Å². The van der Waals surface area contributed by atoms with E-state index in [2.05, 4.69) is 13.8 Å². The summed E-state index contributed by atoms with van der Waals surface area (Å²) in [5.74, 6) is 3.42. The van der Waals surface area contributed by atoms with Crippen LogP contribution in [0.15, 0.2) is 11.6 Å². The molecule has 0 saturated heterocycles. The van der Waals surface area contributed by atoms with E-state index in [1.807, 2.05) is 13.0 Å². The highest BCUT2D eigenvalue weighted by molar-refractivity contribution is 5.93. The molecular formula is C23H34O3. The number of esters is 1. The molecule has 3 nitrogen and oxygen atoms in total. The monoisotopic (exact) mass is 358 g/mol. The number of rotatable bonds is 3. The third kappa shape index (κ3) is 2.77. The highest BCUT2D eigenvalue weighted by Gasteiger charge is 2.57. The van der Waals surface area contributed by atoms with E-state index in [-0.39, 0.29) is 23.4 Å². The largest absolute Gasteiger partial charge is 0.462 e. The van der Waals surface area contributed by atoms with Crippen LogP contribution in [0.25, 0.3) is 0 Å². The molecule has 4 aliphatic carbocycles. The Balaban J connectivity index is 1.55. The average molecular weight is 359 g/mol. The number of carbonyl (C=O) groups excluding carboxylic acids is 2. The third-order valence-corrected chi connectivity index (χ3v) is 8.49. The number of allylic oxidation sites excluding steroid dienone is 1. The first-order valence-corrected chi connectivity index (χ1v) is 10.9. The van der Waals surface area contributed by atoms with Gasteiger partial charge in [0.05, 0.1) is 0 Å². The van der Waals surface area contributed by atoms with Crippen molar-refractivity contribution in [1.82, 2.24) is 0 Å². The lowest BCUT2D eigenvalue weighted by atomic mass is 9.51. The predicted molar refractivity (Wildman–Crippen MR) is 101 cm³/mol. The van der Waals surface area contributed by atoms with Gasteiger partial charge in [0.2, 0.25) is 0 Å². The minimum absolute atomic E-state index is 0.0376. The summed E-state index contributed by atoms with van der Waals surface area (Å²) >= 11 is 0. The molecule has 3 fully saturated rings. The Labute approximate surface area is 157 Å². The van der Waals surface area contributed by atoms with E-state index >= 15 is 0 Å². The normalized spacial score (nSPS) is 44.6. The molecule has 7 atom stereocenters. The van der Waals surface area contributed by atoms with Crippen LogP contribution >= 0.6 is 0 Å². The number of carbonyl (C=O) groups is 2. The third-order valence-electron chi connectivity index (χ3n) is 8.49. The van der Waals surface area contributed by atoms with Gasteiger partial charge in [-0.15, -0.1) is 0 Å². The smallest absolute Gasteiger partial charge is 0.305 e. The van der Waals surface area contributed by atoms with Crippen LogP contribution < -0.4 is 0 Å². The van der Waals surface area contributed by atoms with Crippen LogP contribution in [0.3, 0.4) is 0 Å². The van der Waals surface area contributed by atoms with Crippen LogP contribution in [0.1, 0.15) is 78.6 Å². The molecule has 0 aliphatic heterocycles. The zero-order valence-electron chi connectivity index (χ0n) is 16.6. The van der Waals surface area contributed by atoms with Crippen LogP contribution in [0.4, 0.5) is 0 Å². The van der Waals surface area contributed by atoms with Crippen molar-refractivity contribution in [1.29, 1.82) is 0 Å². The van der Waals surface area contributed by atoms with Crippen LogP contribution in [0.2, 0.25) is 0 Å². The van der Waals surface area contributed by atoms with Gasteiger partial charge >= 0.3 is 5.97 Å². The molecule has 3 heteroatoms. The van der Waals surface area contributed by atoms with Crippen molar-refractivity contribution >= 4 is 11.8 Å². The zero-order chi connectivity index (χ0) is 18.5. The molecule has 0 aromatic rings. The quantitative estimate of drug-likeness (QED) is 0.660. The summed E-state index contributed by atoms with van der Waals surface area (Å²) < 4.78 is 5.87. The Kier molecular flexibility index (Phi) is 4.77. The van der Waals surface area contributed by atoms with Crippen molar-refractivity contribution in [2.45, 2.75) is 84.7 Å². The van der Waals surface area contributed by atoms with Crippen LogP contribution in [-0.2, 0) is 14.3 Å². The minimum Gasteiger partial charge on any atom is -0.462 e. The van der Waals surface area contributed by atoms with Gasteiger partial charge in [-0.05, 0) is 81.1 Å². The predicted octanol–water partition coefficient (Wildman–Crippen LogP) is 5.09. The minimum atomic E-state index is -0.0376. The zero-order valence-corrected chi connectivity index (χ0v) is 16.6. The van der Waals surface area contributed by atoms with E-state index in [0.29, 0.717) is 24.0 Å². The fourth-order valence-corrected chi connectivity index (χ4v) is 7.01. The summed E-state index contributed by atoms with van der Waals surface area (Å²) in [5, 5.41) is 0. The van der Waals surface area contributed by atoms with Gasteiger partial charge in [0.1, 0.15) is 6.10 Å². The first kappa shape index (κ1) is 18.3. The second-order valence-corrected chi connectivity index (χ2v) is 9.50. The second-order valence-electron chi connectivity index (χ2n) is 9.50. The lowest BCUT2D eigenvalue weighted by molar-refractivity contribution is -0.158. The van der Waals surface area contributed by atoms with Gasteiger partial charge in [0, 0.05) is 17.8 Å². The van der Waals surface area contributed by atoms with Gasteiger partial charge in [0.25, 0.3) is 0 Å². The molecule has 144 valence electrons. The molecule has 3 saturated carbocycles.